The number of ether oxygens (including phenoxy) is 1. The van der Waals surface area contributed by atoms with Crippen molar-refractivity contribution in [1.29, 1.82) is 0 Å². The number of hydrogen-bond donors (Lipinski definition) is 1. The van der Waals surface area contributed by atoms with Gasteiger partial charge in [-0.25, -0.2) is 4.79 Å². The number of likely N-dealkylation sites (tertiary alicyclic amines) is 1. The Hall–Kier alpha value is -2.89. The Balaban J connectivity index is 1.58. The van der Waals surface area contributed by atoms with Crippen LogP contribution in [-0.4, -0.2) is 35.0 Å². The van der Waals surface area contributed by atoms with Gasteiger partial charge in [-0.3, -0.25) is 9.78 Å². The standard InChI is InChI=1S/C20H23N3O3/c21-19(24)18-14-23(20(25)26-17-7-4-11-22-13-17)12-10-16(18)9-8-15-5-2-1-3-6-15/h1-7,11,13,16,18H,8-10,12,14H2,(H2,21,24). The van der Waals surface area contributed by atoms with Gasteiger partial charge in [0, 0.05) is 19.3 Å². The van der Waals surface area contributed by atoms with Crippen molar-refractivity contribution >= 4 is 12.0 Å². The molecule has 1 aliphatic rings. The number of amides is 2. The summed E-state index contributed by atoms with van der Waals surface area (Å²) in [6.45, 7) is 0.857. The summed E-state index contributed by atoms with van der Waals surface area (Å²) in [6.07, 6.45) is 5.14. The highest BCUT2D eigenvalue weighted by Gasteiger charge is 2.35. The van der Waals surface area contributed by atoms with Gasteiger partial charge >= 0.3 is 6.09 Å². The van der Waals surface area contributed by atoms with Crippen molar-refractivity contribution in [3.05, 3.63) is 60.4 Å². The van der Waals surface area contributed by atoms with Crippen molar-refractivity contribution in [3.63, 3.8) is 0 Å². The van der Waals surface area contributed by atoms with Crippen molar-refractivity contribution in [3.8, 4) is 5.75 Å². The fourth-order valence-corrected chi connectivity index (χ4v) is 3.40. The molecule has 26 heavy (non-hydrogen) atoms. The molecule has 2 atom stereocenters. The number of rotatable bonds is 5. The van der Waals surface area contributed by atoms with E-state index in [2.05, 4.69) is 17.1 Å². The normalized spacial score (nSPS) is 19.8. The maximum atomic E-state index is 12.3. The molecule has 6 nitrogen and oxygen atoms in total. The first-order valence-corrected chi connectivity index (χ1v) is 8.83. The van der Waals surface area contributed by atoms with Crippen LogP contribution in [0.1, 0.15) is 18.4 Å². The van der Waals surface area contributed by atoms with E-state index in [1.807, 2.05) is 18.2 Å². The average Bonchev–Trinajstić information content (AvgIpc) is 2.67. The lowest BCUT2D eigenvalue weighted by Gasteiger charge is -2.36. The molecule has 3 rings (SSSR count). The van der Waals surface area contributed by atoms with Crippen LogP contribution < -0.4 is 10.5 Å². The Morgan fingerprint density at radius 1 is 1.19 bits per heavy atom. The molecule has 0 radical (unpaired) electrons. The van der Waals surface area contributed by atoms with E-state index in [1.54, 1.807) is 23.2 Å². The van der Waals surface area contributed by atoms with Crippen molar-refractivity contribution in [2.24, 2.45) is 17.6 Å². The van der Waals surface area contributed by atoms with Gasteiger partial charge in [0.05, 0.1) is 12.1 Å². The van der Waals surface area contributed by atoms with E-state index in [0.717, 1.165) is 19.3 Å². The molecule has 1 fully saturated rings. The summed E-state index contributed by atoms with van der Waals surface area (Å²) in [5.41, 5.74) is 6.86. The molecule has 2 unspecified atom stereocenters. The number of aryl methyl sites for hydroxylation is 1. The van der Waals surface area contributed by atoms with E-state index in [0.29, 0.717) is 18.8 Å². The van der Waals surface area contributed by atoms with Gasteiger partial charge in [-0.15, -0.1) is 0 Å². The number of nitrogens with two attached hydrogens (primary N) is 1. The molecular formula is C20H23N3O3. The van der Waals surface area contributed by atoms with Crippen LogP contribution in [0.3, 0.4) is 0 Å². The number of hydrogen-bond acceptors (Lipinski definition) is 4. The van der Waals surface area contributed by atoms with E-state index < -0.39 is 6.09 Å². The Kier molecular flexibility index (Phi) is 5.84. The molecule has 6 heteroatoms. The summed E-state index contributed by atoms with van der Waals surface area (Å²) in [6, 6.07) is 13.5. The second-order valence-electron chi connectivity index (χ2n) is 6.58. The van der Waals surface area contributed by atoms with Crippen molar-refractivity contribution in [1.82, 2.24) is 9.88 Å². The van der Waals surface area contributed by atoms with Gasteiger partial charge in [-0.1, -0.05) is 30.3 Å². The van der Waals surface area contributed by atoms with Crippen LogP contribution in [0.15, 0.2) is 54.9 Å². The smallest absolute Gasteiger partial charge is 0.409 e. The average molecular weight is 353 g/mol. The minimum Gasteiger partial charge on any atom is -0.409 e. The van der Waals surface area contributed by atoms with Crippen LogP contribution in [-0.2, 0) is 11.2 Å². The highest BCUT2D eigenvalue weighted by molar-refractivity contribution is 5.79. The number of carbonyl (C=O) groups is 2. The first kappa shape index (κ1) is 17.9. The SMILES string of the molecule is NC(=O)C1CN(C(=O)Oc2cccnc2)CCC1CCc1ccccc1. The second-order valence-corrected chi connectivity index (χ2v) is 6.58. The fourth-order valence-electron chi connectivity index (χ4n) is 3.40. The lowest BCUT2D eigenvalue weighted by molar-refractivity contribution is -0.125. The van der Waals surface area contributed by atoms with E-state index in [1.165, 1.54) is 11.8 Å². The third-order valence-electron chi connectivity index (χ3n) is 4.87. The van der Waals surface area contributed by atoms with Crippen LogP contribution in [0.4, 0.5) is 4.79 Å². The molecule has 2 heterocycles. The van der Waals surface area contributed by atoms with Crippen LogP contribution in [0.25, 0.3) is 0 Å². The Morgan fingerprint density at radius 2 is 2.00 bits per heavy atom. The molecule has 1 aromatic heterocycles. The van der Waals surface area contributed by atoms with E-state index in [-0.39, 0.29) is 17.7 Å². The van der Waals surface area contributed by atoms with Gasteiger partial charge in [0.1, 0.15) is 0 Å². The maximum absolute atomic E-state index is 12.3. The predicted molar refractivity (Wildman–Crippen MR) is 97.4 cm³/mol. The summed E-state index contributed by atoms with van der Waals surface area (Å²) in [4.78, 5) is 29.8. The van der Waals surface area contributed by atoms with Crippen molar-refractivity contribution in [2.45, 2.75) is 19.3 Å². The molecule has 1 aromatic carbocycles. The van der Waals surface area contributed by atoms with Gasteiger partial charge in [-0.2, -0.15) is 0 Å². The topological polar surface area (TPSA) is 85.5 Å². The zero-order valence-corrected chi connectivity index (χ0v) is 14.6. The molecule has 2 N–H and O–H groups in total. The summed E-state index contributed by atoms with van der Waals surface area (Å²) in [7, 11) is 0. The highest BCUT2D eigenvalue weighted by atomic mass is 16.6. The molecule has 0 aliphatic carbocycles. The van der Waals surface area contributed by atoms with E-state index in [9.17, 15) is 9.59 Å². The maximum Gasteiger partial charge on any atom is 0.415 e. The van der Waals surface area contributed by atoms with Gasteiger partial charge in [-0.05, 0) is 42.9 Å². The molecule has 0 bridgehead atoms. The quantitative estimate of drug-likeness (QED) is 0.895. The Labute approximate surface area is 153 Å². The third kappa shape index (κ3) is 4.59. The molecular weight excluding hydrogens is 330 g/mol. The molecule has 2 amide bonds. The Bertz CT molecular complexity index is 736. The van der Waals surface area contributed by atoms with Gasteiger partial charge in [0.15, 0.2) is 5.75 Å². The van der Waals surface area contributed by atoms with Gasteiger partial charge in [0.2, 0.25) is 5.91 Å². The molecule has 1 aliphatic heterocycles. The molecule has 0 spiro atoms. The lowest BCUT2D eigenvalue weighted by atomic mass is 9.81. The summed E-state index contributed by atoms with van der Waals surface area (Å²) in [5.74, 6) is -0.148. The number of nitrogens with zero attached hydrogens (tertiary/aromatic N) is 2. The minimum atomic E-state index is -0.467. The number of aromatic nitrogens is 1. The lowest BCUT2D eigenvalue weighted by Crippen LogP contribution is -2.49. The minimum absolute atomic E-state index is 0.176. The van der Waals surface area contributed by atoms with Crippen molar-refractivity contribution in [2.75, 3.05) is 13.1 Å². The number of benzene rings is 1. The van der Waals surface area contributed by atoms with E-state index in [4.69, 9.17) is 10.5 Å². The molecule has 0 saturated carbocycles. The fraction of sp³-hybridized carbons (Fsp3) is 0.350. The largest absolute Gasteiger partial charge is 0.415 e. The first-order valence-electron chi connectivity index (χ1n) is 8.83. The van der Waals surface area contributed by atoms with Crippen LogP contribution in [0.5, 0.6) is 5.75 Å². The van der Waals surface area contributed by atoms with Crippen molar-refractivity contribution < 1.29 is 14.3 Å². The Morgan fingerprint density at radius 3 is 2.69 bits per heavy atom. The van der Waals surface area contributed by atoms with Crippen LogP contribution in [0, 0.1) is 11.8 Å². The summed E-state index contributed by atoms with van der Waals surface area (Å²) >= 11 is 0. The number of primary amides is 1. The molecule has 2 aromatic rings. The zero-order chi connectivity index (χ0) is 18.4. The van der Waals surface area contributed by atoms with E-state index >= 15 is 0 Å². The number of piperidine rings is 1. The number of pyridine rings is 1. The van der Waals surface area contributed by atoms with Gasteiger partial charge in [0.25, 0.3) is 0 Å². The summed E-state index contributed by atoms with van der Waals surface area (Å²) < 4.78 is 5.32. The number of carbonyl (C=O) groups excluding carboxylic acids is 2. The zero-order valence-electron chi connectivity index (χ0n) is 14.6. The summed E-state index contributed by atoms with van der Waals surface area (Å²) in [5, 5.41) is 0. The van der Waals surface area contributed by atoms with Crippen LogP contribution in [0.2, 0.25) is 0 Å². The monoisotopic (exact) mass is 353 g/mol. The van der Waals surface area contributed by atoms with Gasteiger partial charge < -0.3 is 15.4 Å². The second kappa shape index (κ2) is 8.47. The molecule has 1 saturated heterocycles. The highest BCUT2D eigenvalue weighted by Crippen LogP contribution is 2.28. The van der Waals surface area contributed by atoms with Crippen LogP contribution >= 0.6 is 0 Å². The first-order chi connectivity index (χ1) is 12.6. The predicted octanol–water partition coefficient (Wildman–Crippen LogP) is 2.64. The third-order valence-corrected chi connectivity index (χ3v) is 4.87. The molecule has 136 valence electrons.